The van der Waals surface area contributed by atoms with Gasteiger partial charge in [-0.2, -0.15) is 0 Å². The molecule has 0 aromatic heterocycles. The minimum atomic E-state index is -4.62. The molecule has 0 heterocycles. The average molecular weight is 831 g/mol. The zero-order valence-electron chi connectivity index (χ0n) is 36.6. The first kappa shape index (κ1) is 55.5. The molecule has 0 fully saturated rings. The van der Waals surface area contributed by atoms with Gasteiger partial charge in [-0.15, -0.1) is 0 Å². The van der Waals surface area contributed by atoms with Crippen LogP contribution in [0, 0.1) is 0 Å². The number of esters is 2. The first-order chi connectivity index (χ1) is 27.7. The Kier molecular flexibility index (Phi) is 41.4. The van der Waals surface area contributed by atoms with Crippen molar-refractivity contribution in [3.8, 4) is 0 Å². The van der Waals surface area contributed by atoms with Gasteiger partial charge in [0.2, 0.25) is 0 Å². The molecule has 336 valence electrons. The van der Waals surface area contributed by atoms with Crippen molar-refractivity contribution in [2.45, 2.75) is 232 Å². The third-order valence-electron chi connectivity index (χ3n) is 10.1. The third-order valence-corrected chi connectivity index (χ3v) is 11.1. The number of phosphoric ester groups is 1. The van der Waals surface area contributed by atoms with Crippen molar-refractivity contribution in [2.75, 3.05) is 26.4 Å². The van der Waals surface area contributed by atoms with E-state index in [1.165, 1.54) is 128 Å². The molecule has 0 rings (SSSR count). The zero-order valence-corrected chi connectivity index (χ0v) is 37.5. The maximum atomic E-state index is 12.6. The molecule has 0 spiro atoms. The van der Waals surface area contributed by atoms with Crippen LogP contribution in [0.4, 0.5) is 0 Å². The topological polar surface area (TPSA) is 149 Å². The van der Waals surface area contributed by atoms with E-state index in [2.05, 4.69) is 38.2 Å². The summed E-state index contributed by atoms with van der Waals surface area (Å²) in [5.74, 6) is -0.919. The second-order valence-electron chi connectivity index (χ2n) is 15.8. The van der Waals surface area contributed by atoms with E-state index in [4.69, 9.17) is 23.6 Å². The number of carbonyl (C=O) groups is 2. The molecule has 0 saturated carbocycles. The van der Waals surface area contributed by atoms with E-state index < -0.39 is 51.8 Å². The molecular formula is C46H87O10P. The number of unbranched alkanes of at least 4 members (excludes halogenated alkanes) is 26. The summed E-state index contributed by atoms with van der Waals surface area (Å²) >= 11 is 0. The number of hydrogen-bond donors (Lipinski definition) is 3. The van der Waals surface area contributed by atoms with E-state index in [0.29, 0.717) is 12.8 Å². The van der Waals surface area contributed by atoms with Crippen LogP contribution in [0.3, 0.4) is 0 Å². The molecular weight excluding hydrogens is 743 g/mol. The standard InChI is InChI=1S/C46H87O10P/c1-3-5-7-9-11-13-15-17-19-20-21-22-24-26-28-30-32-34-36-38-46(50)56-44(42-55-57(51,52)54-40-43(48)39-47)41-53-45(49)37-35-33-31-29-27-25-23-18-16-14-12-10-8-6-4-2/h11,13,17,19,43-44,47-48H,3-10,12,14-16,18,20-42H2,1-2H3,(H,51,52)/b13-11+,19-17+/t43-,44+/m0/s1. The second-order valence-corrected chi connectivity index (χ2v) is 17.2. The van der Waals surface area contributed by atoms with Gasteiger partial charge < -0.3 is 24.6 Å². The molecule has 0 amide bonds. The first-order valence-corrected chi connectivity index (χ1v) is 24.8. The number of allylic oxidation sites excluding steroid dienone is 4. The fourth-order valence-corrected chi connectivity index (χ4v) is 7.28. The highest BCUT2D eigenvalue weighted by atomic mass is 31.2. The summed E-state index contributed by atoms with van der Waals surface area (Å²) in [6.07, 6.45) is 42.8. The largest absolute Gasteiger partial charge is 0.472 e. The SMILES string of the molecule is CCCCC/C=C/C/C=C/CCCCCCCCCCCC(=O)O[C@H](COC(=O)CCCCCCCCCCCCCCCCC)COP(=O)(O)OC[C@@H](O)CO. The normalized spacial score (nSPS) is 14.0. The summed E-state index contributed by atoms with van der Waals surface area (Å²) < 4.78 is 32.8. The lowest BCUT2D eigenvalue weighted by Crippen LogP contribution is -2.29. The van der Waals surface area contributed by atoms with E-state index in [1.807, 2.05) is 0 Å². The van der Waals surface area contributed by atoms with Gasteiger partial charge in [0, 0.05) is 12.8 Å². The van der Waals surface area contributed by atoms with Crippen LogP contribution in [0.2, 0.25) is 0 Å². The quantitative estimate of drug-likeness (QED) is 0.0234. The molecule has 11 heteroatoms. The van der Waals surface area contributed by atoms with Gasteiger partial charge in [-0.3, -0.25) is 18.6 Å². The number of carbonyl (C=O) groups excluding carboxylic acids is 2. The maximum Gasteiger partial charge on any atom is 0.472 e. The van der Waals surface area contributed by atoms with Crippen molar-refractivity contribution in [3.05, 3.63) is 24.3 Å². The summed E-state index contributed by atoms with van der Waals surface area (Å²) in [6, 6.07) is 0. The monoisotopic (exact) mass is 831 g/mol. The van der Waals surface area contributed by atoms with Crippen molar-refractivity contribution >= 4 is 19.8 Å². The van der Waals surface area contributed by atoms with E-state index in [0.717, 1.165) is 51.4 Å². The molecule has 3 atom stereocenters. The molecule has 0 aliphatic heterocycles. The fourth-order valence-electron chi connectivity index (χ4n) is 6.50. The van der Waals surface area contributed by atoms with Crippen LogP contribution in [0.15, 0.2) is 24.3 Å². The molecule has 0 radical (unpaired) electrons. The van der Waals surface area contributed by atoms with Gasteiger partial charge in [0.1, 0.15) is 12.7 Å². The number of aliphatic hydroxyl groups is 2. The molecule has 0 saturated heterocycles. The highest BCUT2D eigenvalue weighted by molar-refractivity contribution is 7.47. The van der Waals surface area contributed by atoms with Crippen LogP contribution in [0.25, 0.3) is 0 Å². The Balaban J connectivity index is 4.23. The van der Waals surface area contributed by atoms with Crippen LogP contribution >= 0.6 is 7.82 Å². The summed E-state index contributed by atoms with van der Waals surface area (Å²) in [4.78, 5) is 35.1. The van der Waals surface area contributed by atoms with E-state index >= 15 is 0 Å². The van der Waals surface area contributed by atoms with Gasteiger partial charge in [0.25, 0.3) is 0 Å². The molecule has 0 aliphatic carbocycles. The highest BCUT2D eigenvalue weighted by Crippen LogP contribution is 2.43. The number of hydrogen-bond acceptors (Lipinski definition) is 9. The van der Waals surface area contributed by atoms with Gasteiger partial charge in [0.05, 0.1) is 19.8 Å². The number of rotatable bonds is 44. The Morgan fingerprint density at radius 2 is 0.912 bits per heavy atom. The zero-order chi connectivity index (χ0) is 41.9. The van der Waals surface area contributed by atoms with Gasteiger partial charge >= 0.3 is 19.8 Å². The Morgan fingerprint density at radius 1 is 0.526 bits per heavy atom. The minimum Gasteiger partial charge on any atom is -0.462 e. The highest BCUT2D eigenvalue weighted by Gasteiger charge is 2.27. The summed E-state index contributed by atoms with van der Waals surface area (Å²) in [5.41, 5.74) is 0. The summed E-state index contributed by atoms with van der Waals surface area (Å²) in [6.45, 7) is 2.38. The lowest BCUT2D eigenvalue weighted by atomic mass is 10.0. The second kappa shape index (κ2) is 42.6. The van der Waals surface area contributed by atoms with E-state index in [1.54, 1.807) is 0 Å². The van der Waals surface area contributed by atoms with E-state index in [-0.39, 0.29) is 19.4 Å². The van der Waals surface area contributed by atoms with Crippen LogP contribution in [-0.4, -0.2) is 65.7 Å². The van der Waals surface area contributed by atoms with Crippen LogP contribution in [0.1, 0.15) is 219 Å². The van der Waals surface area contributed by atoms with Gasteiger partial charge in [-0.1, -0.05) is 186 Å². The van der Waals surface area contributed by atoms with Crippen LogP contribution in [-0.2, 0) is 32.7 Å². The predicted octanol–water partition coefficient (Wildman–Crippen LogP) is 12.6. The molecule has 0 aliphatic rings. The summed E-state index contributed by atoms with van der Waals surface area (Å²) in [5, 5.41) is 18.4. The van der Waals surface area contributed by atoms with Crippen LogP contribution < -0.4 is 0 Å². The van der Waals surface area contributed by atoms with E-state index in [9.17, 15) is 24.2 Å². The van der Waals surface area contributed by atoms with Gasteiger partial charge in [0.15, 0.2) is 6.10 Å². The van der Waals surface area contributed by atoms with Crippen LogP contribution in [0.5, 0.6) is 0 Å². The fraction of sp³-hybridized carbons (Fsp3) is 0.870. The lowest BCUT2D eigenvalue weighted by molar-refractivity contribution is -0.161. The molecule has 0 bridgehead atoms. The number of ether oxygens (including phenoxy) is 2. The third kappa shape index (κ3) is 42.4. The molecule has 0 aromatic carbocycles. The van der Waals surface area contributed by atoms with Gasteiger partial charge in [-0.25, -0.2) is 4.57 Å². The molecule has 10 nitrogen and oxygen atoms in total. The van der Waals surface area contributed by atoms with Gasteiger partial charge in [-0.05, 0) is 44.9 Å². The Bertz CT molecular complexity index is 1000. The molecule has 1 unspecified atom stereocenters. The minimum absolute atomic E-state index is 0.182. The summed E-state index contributed by atoms with van der Waals surface area (Å²) in [7, 11) is -4.62. The Labute approximate surface area is 348 Å². The maximum absolute atomic E-state index is 12.6. The van der Waals surface area contributed by atoms with Crippen molar-refractivity contribution < 1.29 is 47.8 Å². The smallest absolute Gasteiger partial charge is 0.462 e. The van der Waals surface area contributed by atoms with Crippen molar-refractivity contribution in [1.82, 2.24) is 0 Å². The Hall–Kier alpha value is -1.55. The first-order valence-electron chi connectivity index (χ1n) is 23.3. The number of aliphatic hydroxyl groups excluding tert-OH is 2. The average Bonchev–Trinajstić information content (AvgIpc) is 3.20. The molecule has 0 aromatic rings. The predicted molar refractivity (Wildman–Crippen MR) is 233 cm³/mol. The van der Waals surface area contributed by atoms with Crippen molar-refractivity contribution in [1.29, 1.82) is 0 Å². The van der Waals surface area contributed by atoms with Crippen molar-refractivity contribution in [2.24, 2.45) is 0 Å². The molecule has 57 heavy (non-hydrogen) atoms. The molecule has 3 N–H and O–H groups in total. The lowest BCUT2D eigenvalue weighted by Gasteiger charge is -2.20. The van der Waals surface area contributed by atoms with Crippen molar-refractivity contribution in [3.63, 3.8) is 0 Å². The Morgan fingerprint density at radius 3 is 1.39 bits per heavy atom. The number of phosphoric acid groups is 1.